The van der Waals surface area contributed by atoms with Gasteiger partial charge in [0.1, 0.15) is 0 Å². The summed E-state index contributed by atoms with van der Waals surface area (Å²) in [7, 11) is 0.448. The van der Waals surface area contributed by atoms with Crippen molar-refractivity contribution in [2.75, 3.05) is 33.7 Å². The Morgan fingerprint density at radius 3 is 2.65 bits per heavy atom. The summed E-state index contributed by atoms with van der Waals surface area (Å²) in [4.78, 5) is 2.61. The molecule has 0 radical (unpaired) electrons. The number of piperazine rings is 1. The highest BCUT2D eigenvalue weighted by molar-refractivity contribution is 7.89. The number of nitrogens with one attached hydrogen (secondary N) is 1. The topological polar surface area (TPSA) is 52.7 Å². The second-order valence-electron chi connectivity index (χ2n) is 5.33. The molecular weight excluding hydrogens is 274 g/mol. The maximum atomic E-state index is 12.8. The molecule has 0 spiro atoms. The zero-order chi connectivity index (χ0) is 14.8. The largest absolute Gasteiger partial charge is 0.316 e. The Morgan fingerprint density at radius 1 is 1.30 bits per heavy atom. The fourth-order valence-corrected chi connectivity index (χ4v) is 4.20. The number of nitrogens with zero attached hydrogens (tertiary/aromatic N) is 2. The van der Waals surface area contributed by atoms with Crippen LogP contribution in [0.3, 0.4) is 0 Å². The van der Waals surface area contributed by atoms with Gasteiger partial charge in [-0.15, -0.1) is 0 Å². The molecule has 1 N–H and O–H groups in total. The van der Waals surface area contributed by atoms with Crippen LogP contribution in [0.1, 0.15) is 12.5 Å². The molecule has 112 valence electrons. The third-order valence-electron chi connectivity index (χ3n) is 3.88. The monoisotopic (exact) mass is 297 g/mol. The SMILES string of the molecule is CNCc1ccccc1S(=O)(=O)N1CCN(C)C(C)C1. The summed E-state index contributed by atoms with van der Waals surface area (Å²) in [6, 6.07) is 7.47. The molecule has 1 aliphatic heterocycles. The zero-order valence-electron chi connectivity index (χ0n) is 12.3. The molecule has 1 aromatic rings. The molecule has 0 saturated carbocycles. The van der Waals surface area contributed by atoms with Gasteiger partial charge in [0.2, 0.25) is 10.0 Å². The first-order valence-electron chi connectivity index (χ1n) is 6.89. The van der Waals surface area contributed by atoms with Crippen LogP contribution in [0.2, 0.25) is 0 Å². The molecule has 1 fully saturated rings. The highest BCUT2D eigenvalue weighted by Crippen LogP contribution is 2.22. The maximum absolute atomic E-state index is 12.8. The Morgan fingerprint density at radius 2 is 2.00 bits per heavy atom. The van der Waals surface area contributed by atoms with Crippen LogP contribution in [-0.2, 0) is 16.6 Å². The van der Waals surface area contributed by atoms with Gasteiger partial charge in [-0.25, -0.2) is 8.42 Å². The fraction of sp³-hybridized carbons (Fsp3) is 0.571. The van der Waals surface area contributed by atoms with Crippen molar-refractivity contribution in [3.8, 4) is 0 Å². The van der Waals surface area contributed by atoms with E-state index in [2.05, 4.69) is 17.1 Å². The summed E-state index contributed by atoms with van der Waals surface area (Å²) in [5.74, 6) is 0. The van der Waals surface area contributed by atoms with E-state index in [0.29, 0.717) is 24.5 Å². The summed E-state index contributed by atoms with van der Waals surface area (Å²) in [6.07, 6.45) is 0. The van der Waals surface area contributed by atoms with Crippen molar-refractivity contribution in [3.05, 3.63) is 29.8 Å². The Hall–Kier alpha value is -0.950. The van der Waals surface area contributed by atoms with E-state index in [1.54, 1.807) is 16.4 Å². The average molecular weight is 297 g/mol. The number of benzene rings is 1. The van der Waals surface area contributed by atoms with Crippen molar-refractivity contribution in [2.24, 2.45) is 0 Å². The Kier molecular flexibility index (Phi) is 4.80. The van der Waals surface area contributed by atoms with E-state index in [0.717, 1.165) is 12.1 Å². The molecule has 1 atom stereocenters. The third-order valence-corrected chi connectivity index (χ3v) is 5.85. The maximum Gasteiger partial charge on any atom is 0.243 e. The molecule has 1 heterocycles. The number of likely N-dealkylation sites (N-methyl/N-ethyl adjacent to an activating group) is 1. The van der Waals surface area contributed by atoms with Gasteiger partial charge in [0, 0.05) is 32.2 Å². The number of hydrogen-bond donors (Lipinski definition) is 1. The molecule has 0 bridgehead atoms. The molecule has 1 aliphatic rings. The van der Waals surface area contributed by atoms with E-state index < -0.39 is 10.0 Å². The predicted octanol–water partition coefficient (Wildman–Crippen LogP) is 0.731. The molecule has 0 aliphatic carbocycles. The summed E-state index contributed by atoms with van der Waals surface area (Å²) in [5.41, 5.74) is 0.821. The smallest absolute Gasteiger partial charge is 0.243 e. The first-order chi connectivity index (χ1) is 9.46. The van der Waals surface area contributed by atoms with E-state index in [9.17, 15) is 8.42 Å². The van der Waals surface area contributed by atoms with Crippen LogP contribution in [0.5, 0.6) is 0 Å². The minimum atomic E-state index is -3.40. The molecule has 1 saturated heterocycles. The third kappa shape index (κ3) is 3.03. The van der Waals surface area contributed by atoms with Gasteiger partial charge < -0.3 is 10.2 Å². The molecule has 5 nitrogen and oxygen atoms in total. The lowest BCUT2D eigenvalue weighted by Gasteiger charge is -2.37. The highest BCUT2D eigenvalue weighted by atomic mass is 32.2. The molecule has 1 unspecified atom stereocenters. The van der Waals surface area contributed by atoms with Crippen molar-refractivity contribution in [1.29, 1.82) is 0 Å². The highest BCUT2D eigenvalue weighted by Gasteiger charge is 2.31. The number of sulfonamides is 1. The lowest BCUT2D eigenvalue weighted by atomic mass is 10.2. The van der Waals surface area contributed by atoms with Crippen molar-refractivity contribution in [3.63, 3.8) is 0 Å². The van der Waals surface area contributed by atoms with Crippen LogP contribution in [0, 0.1) is 0 Å². The Balaban J connectivity index is 2.31. The molecule has 20 heavy (non-hydrogen) atoms. The van der Waals surface area contributed by atoms with E-state index in [1.165, 1.54) is 0 Å². The van der Waals surface area contributed by atoms with Gasteiger partial charge in [0.25, 0.3) is 0 Å². The van der Waals surface area contributed by atoms with Gasteiger partial charge in [0.15, 0.2) is 0 Å². The van der Waals surface area contributed by atoms with Crippen molar-refractivity contribution in [2.45, 2.75) is 24.4 Å². The number of hydrogen-bond acceptors (Lipinski definition) is 4. The second-order valence-corrected chi connectivity index (χ2v) is 7.24. The van der Waals surface area contributed by atoms with Gasteiger partial charge in [-0.05, 0) is 32.6 Å². The zero-order valence-corrected chi connectivity index (χ0v) is 13.2. The van der Waals surface area contributed by atoms with E-state index in [-0.39, 0.29) is 6.04 Å². The van der Waals surface area contributed by atoms with Crippen molar-refractivity contribution >= 4 is 10.0 Å². The Bertz CT molecular complexity index is 559. The van der Waals surface area contributed by atoms with Gasteiger partial charge in [0.05, 0.1) is 4.90 Å². The first kappa shape index (κ1) is 15.4. The van der Waals surface area contributed by atoms with Crippen LogP contribution in [0.15, 0.2) is 29.2 Å². The minimum absolute atomic E-state index is 0.245. The normalized spacial score (nSPS) is 22.1. The molecule has 0 amide bonds. The first-order valence-corrected chi connectivity index (χ1v) is 8.33. The summed E-state index contributed by atoms with van der Waals surface area (Å²) >= 11 is 0. The number of rotatable bonds is 4. The van der Waals surface area contributed by atoms with E-state index in [4.69, 9.17) is 0 Å². The molecule has 0 aromatic heterocycles. The Labute approximate surface area is 121 Å². The van der Waals surface area contributed by atoms with E-state index >= 15 is 0 Å². The average Bonchev–Trinajstić information content (AvgIpc) is 2.42. The minimum Gasteiger partial charge on any atom is -0.316 e. The summed E-state index contributed by atoms with van der Waals surface area (Å²) < 4.78 is 27.2. The van der Waals surface area contributed by atoms with Gasteiger partial charge in [-0.1, -0.05) is 18.2 Å². The van der Waals surface area contributed by atoms with Crippen molar-refractivity contribution in [1.82, 2.24) is 14.5 Å². The van der Waals surface area contributed by atoms with E-state index in [1.807, 2.05) is 26.2 Å². The van der Waals surface area contributed by atoms with Crippen LogP contribution in [-0.4, -0.2) is 57.4 Å². The second kappa shape index (κ2) is 6.22. The van der Waals surface area contributed by atoms with Crippen LogP contribution >= 0.6 is 0 Å². The van der Waals surface area contributed by atoms with Crippen molar-refractivity contribution < 1.29 is 8.42 Å². The summed E-state index contributed by atoms with van der Waals surface area (Å²) in [6.45, 7) is 4.48. The fourth-order valence-electron chi connectivity index (χ4n) is 2.46. The van der Waals surface area contributed by atoms with Gasteiger partial charge >= 0.3 is 0 Å². The van der Waals surface area contributed by atoms with Crippen LogP contribution in [0.4, 0.5) is 0 Å². The lowest BCUT2D eigenvalue weighted by Crippen LogP contribution is -2.52. The van der Waals surface area contributed by atoms with Gasteiger partial charge in [-0.3, -0.25) is 0 Å². The summed E-state index contributed by atoms with van der Waals surface area (Å²) in [5, 5.41) is 3.02. The predicted molar refractivity (Wildman–Crippen MR) is 80.1 cm³/mol. The molecule has 1 aromatic carbocycles. The quantitative estimate of drug-likeness (QED) is 0.890. The van der Waals surface area contributed by atoms with Crippen LogP contribution in [0.25, 0.3) is 0 Å². The van der Waals surface area contributed by atoms with Gasteiger partial charge in [-0.2, -0.15) is 4.31 Å². The molecular formula is C14H23N3O2S. The molecule has 6 heteroatoms. The standard InChI is InChI=1S/C14H23N3O2S/c1-12-11-17(9-8-16(12)3)20(18,19)14-7-5-4-6-13(14)10-15-2/h4-7,12,15H,8-11H2,1-3H3. The molecule has 2 rings (SSSR count). The lowest BCUT2D eigenvalue weighted by molar-refractivity contribution is 0.159. The van der Waals surface area contributed by atoms with Crippen LogP contribution < -0.4 is 5.32 Å².